The number of primary sulfonamides is 1. The zero-order valence-corrected chi connectivity index (χ0v) is 18.2. The van der Waals surface area contributed by atoms with Gasteiger partial charge in [0.15, 0.2) is 0 Å². The Kier molecular flexibility index (Phi) is 5.84. The minimum absolute atomic E-state index is 0.0362. The lowest BCUT2D eigenvalue weighted by atomic mass is 10.0. The zero-order chi connectivity index (χ0) is 21.5. The summed E-state index contributed by atoms with van der Waals surface area (Å²) in [6.07, 6.45) is 0. The van der Waals surface area contributed by atoms with Gasteiger partial charge in [0.25, 0.3) is 11.8 Å². The van der Waals surface area contributed by atoms with Crippen LogP contribution in [0.4, 0.5) is 11.6 Å². The molecule has 29 heavy (non-hydrogen) atoms. The number of halogens is 1. The fraction of sp³-hybridized carbons (Fsp3) is 0.222. The van der Waals surface area contributed by atoms with Crippen molar-refractivity contribution in [2.75, 3.05) is 4.90 Å². The Bertz CT molecular complexity index is 1180. The highest BCUT2D eigenvalue weighted by Crippen LogP contribution is 2.40. The Morgan fingerprint density at radius 1 is 1.31 bits per heavy atom. The first kappa shape index (κ1) is 21.5. The number of aliphatic hydroxyl groups is 1. The molecule has 2 aromatic heterocycles. The zero-order valence-electron chi connectivity index (χ0n) is 15.8. The maximum atomic E-state index is 13.5. The van der Waals surface area contributed by atoms with E-state index in [4.69, 9.17) is 21.3 Å². The van der Waals surface area contributed by atoms with Gasteiger partial charge in [-0.05, 0) is 48.9 Å². The molecule has 0 unspecified atom stereocenters. The number of aliphatic hydroxyl groups excluding tert-OH is 1. The first-order chi connectivity index (χ1) is 13.6. The summed E-state index contributed by atoms with van der Waals surface area (Å²) in [5, 5.41) is 20.1. The molecule has 0 aliphatic rings. The van der Waals surface area contributed by atoms with Crippen molar-refractivity contribution in [3.05, 3.63) is 55.9 Å². The van der Waals surface area contributed by atoms with E-state index in [-0.39, 0.29) is 27.3 Å². The second kappa shape index (κ2) is 7.88. The third kappa shape index (κ3) is 3.94. The van der Waals surface area contributed by atoms with Gasteiger partial charge >= 0.3 is 0 Å². The second-order valence-corrected chi connectivity index (χ2v) is 9.25. The Hall–Kier alpha value is -2.24. The molecule has 11 heteroatoms. The molecule has 0 fully saturated rings. The summed E-state index contributed by atoms with van der Waals surface area (Å²) < 4.78 is 29.2. The van der Waals surface area contributed by atoms with E-state index in [0.717, 1.165) is 11.3 Å². The SMILES string of the molecule is Cc1cc(CO)cc(C)c1N(C(=O)c1sccc1S(N)(=O)=O)c1onc(C)c1Cl. The first-order valence-electron chi connectivity index (χ1n) is 8.33. The van der Waals surface area contributed by atoms with E-state index in [9.17, 15) is 18.3 Å². The molecule has 0 radical (unpaired) electrons. The van der Waals surface area contributed by atoms with Crippen molar-refractivity contribution in [2.24, 2.45) is 5.14 Å². The first-order valence-corrected chi connectivity index (χ1v) is 11.1. The highest BCUT2D eigenvalue weighted by atomic mass is 35.5. The Labute approximate surface area is 176 Å². The number of amides is 1. The standard InChI is InChI=1S/C18H18ClN3O5S2/c1-9-6-12(8-23)7-10(2)15(9)22(18-14(19)11(3)21-27-18)17(24)16-13(4-5-28-16)29(20,25)26/h4-7,23H,8H2,1-3H3,(H2,20,25,26). The van der Waals surface area contributed by atoms with Crippen molar-refractivity contribution in [2.45, 2.75) is 32.3 Å². The van der Waals surface area contributed by atoms with Gasteiger partial charge in [0.2, 0.25) is 10.0 Å². The number of rotatable bonds is 5. The normalized spacial score (nSPS) is 11.7. The Morgan fingerprint density at radius 3 is 2.41 bits per heavy atom. The molecule has 0 spiro atoms. The van der Waals surface area contributed by atoms with Gasteiger partial charge in [-0.15, -0.1) is 11.3 Å². The number of sulfonamides is 1. The van der Waals surface area contributed by atoms with Crippen LogP contribution < -0.4 is 10.0 Å². The summed E-state index contributed by atoms with van der Waals surface area (Å²) in [6.45, 7) is 4.97. The molecule has 1 aromatic carbocycles. The van der Waals surface area contributed by atoms with E-state index in [1.807, 2.05) is 0 Å². The monoisotopic (exact) mass is 455 g/mol. The number of nitrogens with zero attached hydrogens (tertiary/aromatic N) is 2. The summed E-state index contributed by atoms with van der Waals surface area (Å²) in [7, 11) is -4.12. The van der Waals surface area contributed by atoms with Crippen LogP contribution in [0.25, 0.3) is 0 Å². The number of hydrogen-bond acceptors (Lipinski definition) is 7. The highest BCUT2D eigenvalue weighted by molar-refractivity contribution is 7.89. The predicted octanol–water partition coefficient (Wildman–Crippen LogP) is 3.43. The third-order valence-electron chi connectivity index (χ3n) is 4.27. The number of thiophene rings is 1. The van der Waals surface area contributed by atoms with Crippen molar-refractivity contribution in [3.8, 4) is 0 Å². The molecule has 2 heterocycles. The number of aryl methyl sites for hydroxylation is 3. The molecular formula is C18H18ClN3O5S2. The van der Waals surface area contributed by atoms with Crippen molar-refractivity contribution < 1.29 is 22.8 Å². The number of benzene rings is 1. The van der Waals surface area contributed by atoms with Gasteiger partial charge in [0.1, 0.15) is 20.5 Å². The number of hydrogen-bond donors (Lipinski definition) is 2. The molecular weight excluding hydrogens is 438 g/mol. The summed E-state index contributed by atoms with van der Waals surface area (Å²) in [4.78, 5) is 14.3. The number of aromatic nitrogens is 1. The van der Waals surface area contributed by atoms with Crippen LogP contribution >= 0.6 is 22.9 Å². The van der Waals surface area contributed by atoms with Gasteiger partial charge < -0.3 is 9.63 Å². The predicted molar refractivity (Wildman–Crippen MR) is 110 cm³/mol. The summed E-state index contributed by atoms with van der Waals surface area (Å²) >= 11 is 7.26. The highest BCUT2D eigenvalue weighted by Gasteiger charge is 2.33. The molecule has 3 aromatic rings. The summed E-state index contributed by atoms with van der Waals surface area (Å²) in [5.41, 5.74) is 2.79. The van der Waals surface area contributed by atoms with Crippen LogP contribution in [0.3, 0.4) is 0 Å². The Morgan fingerprint density at radius 2 is 1.93 bits per heavy atom. The molecule has 0 atom stereocenters. The van der Waals surface area contributed by atoms with Crippen LogP contribution in [0.5, 0.6) is 0 Å². The molecule has 154 valence electrons. The maximum absolute atomic E-state index is 13.5. The lowest BCUT2D eigenvalue weighted by molar-refractivity contribution is 0.0995. The number of carbonyl (C=O) groups excluding carboxylic acids is 1. The fourth-order valence-corrected chi connectivity index (χ4v) is 5.10. The largest absolute Gasteiger partial charge is 0.392 e. The van der Waals surface area contributed by atoms with Gasteiger partial charge in [-0.3, -0.25) is 4.79 Å². The number of nitrogens with two attached hydrogens (primary N) is 1. The van der Waals surface area contributed by atoms with Gasteiger partial charge in [-0.1, -0.05) is 28.9 Å². The smallest absolute Gasteiger partial charge is 0.276 e. The second-order valence-electron chi connectivity index (χ2n) is 6.42. The van der Waals surface area contributed by atoms with E-state index < -0.39 is 15.9 Å². The molecule has 0 saturated heterocycles. The molecule has 0 aliphatic heterocycles. The van der Waals surface area contributed by atoms with E-state index in [1.54, 1.807) is 32.9 Å². The molecule has 0 aliphatic carbocycles. The summed E-state index contributed by atoms with van der Waals surface area (Å²) in [6, 6.07) is 4.71. The van der Waals surface area contributed by atoms with Crippen LogP contribution in [-0.2, 0) is 16.6 Å². The molecule has 0 bridgehead atoms. The van der Waals surface area contributed by atoms with Crippen LogP contribution in [0.1, 0.15) is 32.1 Å². The van der Waals surface area contributed by atoms with Crippen molar-refractivity contribution in [1.29, 1.82) is 0 Å². The van der Waals surface area contributed by atoms with Crippen molar-refractivity contribution in [3.63, 3.8) is 0 Å². The van der Waals surface area contributed by atoms with E-state index in [2.05, 4.69) is 5.16 Å². The number of anilines is 2. The van der Waals surface area contributed by atoms with E-state index >= 15 is 0 Å². The maximum Gasteiger partial charge on any atom is 0.276 e. The third-order valence-corrected chi connectivity index (χ3v) is 6.69. The van der Waals surface area contributed by atoms with Gasteiger partial charge in [0, 0.05) is 0 Å². The molecule has 8 nitrogen and oxygen atoms in total. The Balaban J connectivity index is 2.28. The van der Waals surface area contributed by atoms with Crippen LogP contribution in [0.2, 0.25) is 5.02 Å². The summed E-state index contributed by atoms with van der Waals surface area (Å²) in [5.74, 6) is -0.712. The minimum atomic E-state index is -4.12. The van der Waals surface area contributed by atoms with Crippen LogP contribution in [0.15, 0.2) is 33.0 Å². The van der Waals surface area contributed by atoms with Crippen molar-refractivity contribution >= 4 is 50.4 Å². The van der Waals surface area contributed by atoms with Crippen LogP contribution in [-0.4, -0.2) is 24.6 Å². The molecule has 3 N–H and O–H groups in total. The lowest BCUT2D eigenvalue weighted by Crippen LogP contribution is -2.28. The number of carbonyl (C=O) groups is 1. The fourth-order valence-electron chi connectivity index (χ4n) is 3.05. The molecule has 1 amide bonds. The molecule has 0 saturated carbocycles. The van der Waals surface area contributed by atoms with E-state index in [1.165, 1.54) is 16.3 Å². The van der Waals surface area contributed by atoms with E-state index in [0.29, 0.717) is 28.1 Å². The topological polar surface area (TPSA) is 127 Å². The lowest BCUT2D eigenvalue weighted by Gasteiger charge is -2.24. The van der Waals surface area contributed by atoms with Crippen LogP contribution in [0, 0.1) is 20.8 Å². The van der Waals surface area contributed by atoms with Gasteiger partial charge in [0.05, 0.1) is 12.3 Å². The average molecular weight is 456 g/mol. The quantitative estimate of drug-likeness (QED) is 0.606. The minimum Gasteiger partial charge on any atom is -0.392 e. The average Bonchev–Trinajstić information content (AvgIpc) is 3.26. The van der Waals surface area contributed by atoms with Crippen molar-refractivity contribution in [1.82, 2.24) is 5.16 Å². The van der Waals surface area contributed by atoms with Gasteiger partial charge in [-0.25, -0.2) is 18.5 Å². The molecule has 3 rings (SSSR count). The van der Waals surface area contributed by atoms with Gasteiger partial charge in [-0.2, -0.15) is 0 Å².